The lowest BCUT2D eigenvalue weighted by molar-refractivity contribution is 0.200. The second-order valence-electron chi connectivity index (χ2n) is 7.29. The molecule has 2 fully saturated rings. The topological polar surface area (TPSA) is 58.9 Å². The van der Waals surface area contributed by atoms with Crippen molar-refractivity contribution in [3.63, 3.8) is 0 Å². The summed E-state index contributed by atoms with van der Waals surface area (Å²) in [5.74, 6) is 3.67. The maximum absolute atomic E-state index is 4.61. The van der Waals surface area contributed by atoms with Gasteiger partial charge in [0.1, 0.15) is 11.6 Å². The maximum Gasteiger partial charge on any atom is 0.147 e. The van der Waals surface area contributed by atoms with Gasteiger partial charge in [0, 0.05) is 36.3 Å². The lowest BCUT2D eigenvalue weighted by atomic mass is 9.95. The van der Waals surface area contributed by atoms with Crippen molar-refractivity contribution < 1.29 is 0 Å². The van der Waals surface area contributed by atoms with Crippen molar-refractivity contribution in [2.24, 2.45) is 0 Å². The number of rotatable bonds is 4. The van der Waals surface area contributed by atoms with Gasteiger partial charge in [0.25, 0.3) is 0 Å². The summed E-state index contributed by atoms with van der Waals surface area (Å²) in [6.45, 7) is 6.32. The molecule has 1 N–H and O–H groups in total. The first-order chi connectivity index (χ1) is 11.9. The molecule has 0 unspecified atom stereocenters. The summed E-state index contributed by atoms with van der Waals surface area (Å²) < 4.78 is 2.35. The van der Waals surface area contributed by atoms with Crippen LogP contribution >= 0.6 is 11.3 Å². The largest absolute Gasteiger partial charge is 0.312 e. The van der Waals surface area contributed by atoms with Crippen LogP contribution in [0.1, 0.15) is 59.7 Å². The predicted molar refractivity (Wildman–Crippen MR) is 93.1 cm³/mol. The normalized spacial score (nSPS) is 22.7. The summed E-state index contributed by atoms with van der Waals surface area (Å²) in [7, 11) is 0. The highest BCUT2D eigenvalue weighted by molar-refractivity contribution is 7.09. The molecule has 1 aliphatic carbocycles. The molecule has 128 valence electrons. The summed E-state index contributed by atoms with van der Waals surface area (Å²) in [6, 6.07) is 0. The van der Waals surface area contributed by atoms with E-state index in [0.717, 1.165) is 51.0 Å². The van der Waals surface area contributed by atoms with E-state index >= 15 is 0 Å². The molecule has 0 atom stereocenters. The van der Waals surface area contributed by atoms with Crippen molar-refractivity contribution in [1.82, 2.24) is 30.0 Å². The van der Waals surface area contributed by atoms with Crippen LogP contribution in [-0.4, -0.2) is 44.3 Å². The Hall–Kier alpha value is -1.31. The van der Waals surface area contributed by atoms with Gasteiger partial charge >= 0.3 is 0 Å². The molecule has 3 aliphatic rings. The first-order valence-corrected chi connectivity index (χ1v) is 10.0. The quantitative estimate of drug-likeness (QED) is 0.920. The Balaban J connectivity index is 1.23. The molecule has 0 radical (unpaired) electrons. The van der Waals surface area contributed by atoms with E-state index in [-0.39, 0.29) is 0 Å². The number of aromatic nitrogens is 4. The molecule has 0 aromatic carbocycles. The zero-order valence-electron chi connectivity index (χ0n) is 13.9. The van der Waals surface area contributed by atoms with Gasteiger partial charge < -0.3 is 9.88 Å². The molecule has 5 rings (SSSR count). The lowest BCUT2D eigenvalue weighted by Crippen LogP contribution is -2.34. The van der Waals surface area contributed by atoms with Crippen LogP contribution in [0.4, 0.5) is 0 Å². The van der Waals surface area contributed by atoms with E-state index in [9.17, 15) is 0 Å². The molecule has 7 heteroatoms. The van der Waals surface area contributed by atoms with E-state index in [1.165, 1.54) is 42.1 Å². The summed E-state index contributed by atoms with van der Waals surface area (Å²) in [5, 5.41) is 12.3. The molecule has 0 bridgehead atoms. The molecule has 2 aromatic rings. The van der Waals surface area contributed by atoms with Crippen molar-refractivity contribution in [2.45, 2.75) is 57.2 Å². The number of nitrogens with one attached hydrogen (secondary N) is 1. The van der Waals surface area contributed by atoms with E-state index in [2.05, 4.69) is 30.0 Å². The number of likely N-dealkylation sites (tertiary alicyclic amines) is 1. The van der Waals surface area contributed by atoms with Crippen molar-refractivity contribution in [3.8, 4) is 0 Å². The van der Waals surface area contributed by atoms with Crippen LogP contribution in [0.15, 0.2) is 5.51 Å². The first-order valence-electron chi connectivity index (χ1n) is 9.16. The molecule has 2 aromatic heterocycles. The molecule has 4 heterocycles. The van der Waals surface area contributed by atoms with Gasteiger partial charge in [-0.15, -0.1) is 21.5 Å². The molecule has 0 spiro atoms. The summed E-state index contributed by atoms with van der Waals surface area (Å²) >= 11 is 1.84. The smallest absolute Gasteiger partial charge is 0.147 e. The first kappa shape index (κ1) is 15.0. The fourth-order valence-electron chi connectivity index (χ4n) is 4.06. The monoisotopic (exact) mass is 344 g/mol. The summed E-state index contributed by atoms with van der Waals surface area (Å²) in [4.78, 5) is 8.72. The van der Waals surface area contributed by atoms with Gasteiger partial charge in [-0.3, -0.25) is 4.90 Å². The Morgan fingerprint density at radius 1 is 1.08 bits per heavy atom. The van der Waals surface area contributed by atoms with Crippen LogP contribution in [0.25, 0.3) is 0 Å². The van der Waals surface area contributed by atoms with Crippen LogP contribution in [0.2, 0.25) is 0 Å². The SMILES string of the molecule is c1nc(C2CC2)c(CN2CCC(c3nnc4n3CCNC4)CC2)s1. The standard InChI is InChI=1S/C17H24N6S/c1-2-12(1)16-14(24-11-19-16)10-22-6-3-13(4-7-22)17-21-20-15-9-18-5-8-23(15)17/h11-13,18H,1-10H2. The third kappa shape index (κ3) is 2.78. The Labute approximate surface area is 146 Å². The van der Waals surface area contributed by atoms with Crippen LogP contribution in [0.5, 0.6) is 0 Å². The minimum absolute atomic E-state index is 0.574. The van der Waals surface area contributed by atoms with Gasteiger partial charge in [0.05, 0.1) is 17.7 Å². The van der Waals surface area contributed by atoms with Gasteiger partial charge in [-0.2, -0.15) is 0 Å². The van der Waals surface area contributed by atoms with E-state index in [0.29, 0.717) is 5.92 Å². The van der Waals surface area contributed by atoms with Crippen LogP contribution in [0, 0.1) is 0 Å². The van der Waals surface area contributed by atoms with Crippen LogP contribution < -0.4 is 5.32 Å². The molecule has 6 nitrogen and oxygen atoms in total. The predicted octanol–water partition coefficient (Wildman–Crippen LogP) is 2.09. The third-order valence-electron chi connectivity index (χ3n) is 5.61. The van der Waals surface area contributed by atoms with E-state index in [4.69, 9.17) is 0 Å². The minimum atomic E-state index is 0.574. The van der Waals surface area contributed by atoms with Crippen LogP contribution in [-0.2, 0) is 19.6 Å². The van der Waals surface area contributed by atoms with Crippen molar-refractivity contribution in [1.29, 1.82) is 0 Å². The highest BCUT2D eigenvalue weighted by Gasteiger charge is 2.30. The average molecular weight is 344 g/mol. The third-order valence-corrected chi connectivity index (χ3v) is 6.44. The molecular formula is C17H24N6S. The molecule has 2 aliphatic heterocycles. The fourth-order valence-corrected chi connectivity index (χ4v) is 4.95. The molecule has 24 heavy (non-hydrogen) atoms. The average Bonchev–Trinajstić information content (AvgIpc) is 3.21. The zero-order chi connectivity index (χ0) is 15.9. The fraction of sp³-hybridized carbons (Fsp3) is 0.706. The number of hydrogen-bond donors (Lipinski definition) is 1. The highest BCUT2D eigenvalue weighted by atomic mass is 32.1. The number of fused-ring (bicyclic) bond motifs is 1. The van der Waals surface area contributed by atoms with Crippen molar-refractivity contribution in [2.75, 3.05) is 19.6 Å². The number of hydrogen-bond acceptors (Lipinski definition) is 6. The van der Waals surface area contributed by atoms with Gasteiger partial charge in [-0.25, -0.2) is 4.98 Å². The number of thiazole rings is 1. The molecule has 1 saturated heterocycles. The molecule has 1 saturated carbocycles. The van der Waals surface area contributed by atoms with Crippen molar-refractivity contribution >= 4 is 11.3 Å². The van der Waals surface area contributed by atoms with E-state index in [1.807, 2.05) is 16.8 Å². The van der Waals surface area contributed by atoms with E-state index < -0.39 is 0 Å². The Morgan fingerprint density at radius 2 is 1.96 bits per heavy atom. The number of piperidine rings is 1. The van der Waals surface area contributed by atoms with Crippen molar-refractivity contribution in [3.05, 3.63) is 27.7 Å². The Bertz CT molecular complexity index is 710. The number of nitrogens with zero attached hydrogens (tertiary/aromatic N) is 5. The van der Waals surface area contributed by atoms with E-state index in [1.54, 1.807) is 0 Å². The molecule has 0 amide bonds. The Morgan fingerprint density at radius 3 is 2.79 bits per heavy atom. The van der Waals surface area contributed by atoms with Gasteiger partial charge in [-0.1, -0.05) is 0 Å². The maximum atomic E-state index is 4.61. The second kappa shape index (κ2) is 6.20. The lowest BCUT2D eigenvalue weighted by Gasteiger charge is -2.31. The zero-order valence-corrected chi connectivity index (χ0v) is 14.8. The van der Waals surface area contributed by atoms with Gasteiger partial charge in [-0.05, 0) is 38.8 Å². The minimum Gasteiger partial charge on any atom is -0.312 e. The van der Waals surface area contributed by atoms with Gasteiger partial charge in [0.15, 0.2) is 0 Å². The van der Waals surface area contributed by atoms with Crippen LogP contribution in [0.3, 0.4) is 0 Å². The second-order valence-corrected chi connectivity index (χ2v) is 8.23. The summed E-state index contributed by atoms with van der Waals surface area (Å²) in [5.41, 5.74) is 3.42. The summed E-state index contributed by atoms with van der Waals surface area (Å²) in [6.07, 6.45) is 5.07. The molecular weight excluding hydrogens is 320 g/mol. The highest BCUT2D eigenvalue weighted by Crippen LogP contribution is 2.42. The Kier molecular flexibility index (Phi) is 3.87. The van der Waals surface area contributed by atoms with Gasteiger partial charge in [0.2, 0.25) is 0 Å².